The largest absolute Gasteiger partial charge is 0.468 e. The summed E-state index contributed by atoms with van der Waals surface area (Å²) in [4.78, 5) is 48.4. The molecule has 0 spiro atoms. The highest BCUT2D eigenvalue weighted by atomic mass is 32.2. The van der Waals surface area contributed by atoms with Crippen LogP contribution >= 0.6 is 11.8 Å². The van der Waals surface area contributed by atoms with Crippen LogP contribution in [0.3, 0.4) is 0 Å². The second kappa shape index (κ2) is 10.5. The summed E-state index contributed by atoms with van der Waals surface area (Å²) in [6, 6.07) is 8.05. The lowest BCUT2D eigenvalue weighted by molar-refractivity contribution is -0.150. The fraction of sp³-hybridized carbons (Fsp3) is 0.350. The van der Waals surface area contributed by atoms with Crippen LogP contribution in [0.4, 0.5) is 0 Å². The number of carbonyl (C=O) groups excluding carboxylic acids is 4. The summed E-state index contributed by atoms with van der Waals surface area (Å²) in [6.07, 6.45) is 0. The smallest absolute Gasteiger partial charge is 0.337 e. The average molecular weight is 432 g/mol. The Morgan fingerprint density at radius 2 is 1.83 bits per heavy atom. The highest BCUT2D eigenvalue weighted by molar-refractivity contribution is 8.03. The van der Waals surface area contributed by atoms with Gasteiger partial charge in [-0.25, -0.2) is 4.79 Å². The van der Waals surface area contributed by atoms with E-state index in [4.69, 9.17) is 9.47 Å². The second-order valence-electron chi connectivity index (χ2n) is 6.03. The predicted molar refractivity (Wildman–Crippen MR) is 106 cm³/mol. The number of allylic oxidation sites excluding steroid dienone is 1. The molecule has 0 fully saturated rings. The van der Waals surface area contributed by atoms with E-state index in [9.17, 15) is 24.4 Å². The number of thioether (sulfide) groups is 1. The van der Waals surface area contributed by atoms with E-state index in [-0.39, 0.29) is 28.5 Å². The average Bonchev–Trinajstić information content (AvgIpc) is 2.76. The molecule has 2 atom stereocenters. The summed E-state index contributed by atoms with van der Waals surface area (Å²) in [6.45, 7) is 1.87. The van der Waals surface area contributed by atoms with Gasteiger partial charge in [-0.15, -0.1) is 0 Å². The maximum absolute atomic E-state index is 12.7. The van der Waals surface area contributed by atoms with Crippen molar-refractivity contribution in [2.75, 3.05) is 26.6 Å². The minimum absolute atomic E-state index is 0.102. The number of esters is 3. The normalized spacial score (nSPS) is 18.1. The minimum atomic E-state index is -1.31. The van der Waals surface area contributed by atoms with Gasteiger partial charge in [0.25, 0.3) is 0 Å². The SMILES string of the molecule is CCOC(=O)CSC1=C(C#N)[C@H](c2ccc(C(=O)OC)cc2)[C@H](C(=O)OC)C(=O)N1. The van der Waals surface area contributed by atoms with Gasteiger partial charge in [0.2, 0.25) is 5.91 Å². The monoisotopic (exact) mass is 432 g/mol. The number of nitriles is 1. The molecule has 1 aliphatic heterocycles. The van der Waals surface area contributed by atoms with Gasteiger partial charge in [0, 0.05) is 5.92 Å². The molecule has 1 aromatic carbocycles. The molecule has 0 radical (unpaired) electrons. The molecule has 0 aromatic heterocycles. The third-order valence-corrected chi connectivity index (χ3v) is 5.31. The minimum Gasteiger partial charge on any atom is -0.468 e. The maximum atomic E-state index is 12.7. The molecule has 2 rings (SSSR count). The number of nitrogens with zero attached hydrogens (tertiary/aromatic N) is 1. The Morgan fingerprint density at radius 1 is 1.17 bits per heavy atom. The first-order valence-electron chi connectivity index (χ1n) is 8.87. The molecule has 1 N–H and O–H groups in total. The molecule has 1 heterocycles. The molecule has 0 aliphatic carbocycles. The van der Waals surface area contributed by atoms with Crippen molar-refractivity contribution in [1.82, 2.24) is 5.32 Å². The molecule has 0 unspecified atom stereocenters. The molecular weight excluding hydrogens is 412 g/mol. The van der Waals surface area contributed by atoms with Crippen LogP contribution in [0.5, 0.6) is 0 Å². The van der Waals surface area contributed by atoms with Gasteiger partial charge in [0.1, 0.15) is 5.92 Å². The number of ether oxygens (including phenoxy) is 3. The highest BCUT2D eigenvalue weighted by Crippen LogP contribution is 2.40. The molecular formula is C20H20N2O7S. The van der Waals surface area contributed by atoms with Crippen LogP contribution in [0.1, 0.15) is 28.8 Å². The number of amides is 1. The van der Waals surface area contributed by atoms with Crippen LogP contribution < -0.4 is 5.32 Å². The Bertz CT molecular complexity index is 918. The Balaban J connectivity index is 2.50. The van der Waals surface area contributed by atoms with Crippen molar-refractivity contribution in [3.05, 3.63) is 46.0 Å². The Kier molecular flexibility index (Phi) is 8.00. The standard InChI is InChI=1S/C20H20N2O7S/c1-4-29-14(23)10-30-18-13(9-21)15(16(17(24)22-18)20(26)28-3)11-5-7-12(8-6-11)19(25)27-2/h5-8,15-16H,4,10H2,1-3H3,(H,22,24)/t15-,16-/m0/s1. The first-order chi connectivity index (χ1) is 14.4. The van der Waals surface area contributed by atoms with Crippen LogP contribution in [-0.4, -0.2) is 50.4 Å². The Labute approximate surface area is 177 Å². The fourth-order valence-electron chi connectivity index (χ4n) is 2.96. The fourth-order valence-corrected chi connectivity index (χ4v) is 3.80. The molecule has 0 bridgehead atoms. The lowest BCUT2D eigenvalue weighted by Crippen LogP contribution is -2.44. The van der Waals surface area contributed by atoms with Gasteiger partial charge in [-0.05, 0) is 24.6 Å². The number of methoxy groups -OCH3 is 2. The zero-order valence-corrected chi connectivity index (χ0v) is 17.4. The zero-order valence-electron chi connectivity index (χ0n) is 16.6. The number of hydrogen-bond acceptors (Lipinski definition) is 9. The third-order valence-electron chi connectivity index (χ3n) is 4.31. The molecule has 9 nitrogen and oxygen atoms in total. The second-order valence-corrected chi connectivity index (χ2v) is 7.02. The molecule has 30 heavy (non-hydrogen) atoms. The summed E-state index contributed by atoms with van der Waals surface area (Å²) < 4.78 is 14.3. The van der Waals surface area contributed by atoms with Gasteiger partial charge in [-0.1, -0.05) is 23.9 Å². The Morgan fingerprint density at radius 3 is 2.37 bits per heavy atom. The van der Waals surface area contributed by atoms with Gasteiger partial charge >= 0.3 is 17.9 Å². The summed E-state index contributed by atoms with van der Waals surface area (Å²) in [7, 11) is 2.40. The van der Waals surface area contributed by atoms with Gasteiger partial charge in [-0.3, -0.25) is 14.4 Å². The number of benzene rings is 1. The maximum Gasteiger partial charge on any atom is 0.337 e. The van der Waals surface area contributed by atoms with Gasteiger partial charge in [-0.2, -0.15) is 5.26 Å². The van der Waals surface area contributed by atoms with Gasteiger partial charge in [0.05, 0.1) is 48.8 Å². The molecule has 1 amide bonds. The van der Waals surface area contributed by atoms with Gasteiger partial charge in [0.15, 0.2) is 0 Å². The van der Waals surface area contributed by atoms with E-state index in [1.165, 1.54) is 31.4 Å². The van der Waals surface area contributed by atoms with E-state index >= 15 is 0 Å². The topological polar surface area (TPSA) is 132 Å². The van der Waals surface area contributed by atoms with Gasteiger partial charge < -0.3 is 19.5 Å². The van der Waals surface area contributed by atoms with Crippen molar-refractivity contribution in [1.29, 1.82) is 5.26 Å². The van der Waals surface area contributed by atoms with Crippen LogP contribution in [0.15, 0.2) is 34.9 Å². The van der Waals surface area contributed by atoms with Crippen molar-refractivity contribution in [3.63, 3.8) is 0 Å². The van der Waals surface area contributed by atoms with Crippen LogP contribution in [-0.2, 0) is 28.6 Å². The van der Waals surface area contributed by atoms with E-state index in [1.54, 1.807) is 6.92 Å². The molecule has 1 aromatic rings. The van der Waals surface area contributed by atoms with Crippen LogP contribution in [0, 0.1) is 17.2 Å². The van der Waals surface area contributed by atoms with Crippen molar-refractivity contribution < 1.29 is 33.4 Å². The summed E-state index contributed by atoms with van der Waals surface area (Å²) in [5.74, 6) is -4.89. The van der Waals surface area contributed by atoms with E-state index in [0.29, 0.717) is 5.56 Å². The molecule has 1 aliphatic rings. The lowest BCUT2D eigenvalue weighted by Gasteiger charge is -2.30. The van der Waals surface area contributed by atoms with Crippen LogP contribution in [0.25, 0.3) is 0 Å². The number of carbonyl (C=O) groups is 4. The van der Waals surface area contributed by atoms with Crippen molar-refractivity contribution in [2.24, 2.45) is 5.92 Å². The molecule has 10 heteroatoms. The molecule has 0 saturated heterocycles. The predicted octanol–water partition coefficient (Wildman–Crippen LogP) is 1.51. The van der Waals surface area contributed by atoms with E-state index in [1.807, 2.05) is 6.07 Å². The quantitative estimate of drug-likeness (QED) is 0.387. The van der Waals surface area contributed by atoms with E-state index in [2.05, 4.69) is 10.1 Å². The van der Waals surface area contributed by atoms with Crippen molar-refractivity contribution >= 4 is 35.6 Å². The summed E-state index contributed by atoms with van der Waals surface area (Å²) in [5.41, 5.74) is 0.833. The Hall–Kier alpha value is -3.32. The number of hydrogen-bond donors (Lipinski definition) is 1. The number of nitrogens with one attached hydrogen (secondary N) is 1. The molecule has 158 valence electrons. The summed E-state index contributed by atoms with van der Waals surface area (Å²) in [5, 5.41) is 12.5. The highest BCUT2D eigenvalue weighted by Gasteiger charge is 2.44. The number of rotatable bonds is 7. The first-order valence-corrected chi connectivity index (χ1v) is 9.86. The van der Waals surface area contributed by atoms with Crippen molar-refractivity contribution in [2.45, 2.75) is 12.8 Å². The lowest BCUT2D eigenvalue weighted by atomic mass is 9.78. The van der Waals surface area contributed by atoms with E-state index in [0.717, 1.165) is 18.9 Å². The van der Waals surface area contributed by atoms with E-state index < -0.39 is 35.7 Å². The van der Waals surface area contributed by atoms with Crippen LogP contribution in [0.2, 0.25) is 0 Å². The third kappa shape index (κ3) is 4.99. The zero-order chi connectivity index (χ0) is 22.3. The van der Waals surface area contributed by atoms with Crippen molar-refractivity contribution in [3.8, 4) is 6.07 Å². The summed E-state index contributed by atoms with van der Waals surface area (Å²) >= 11 is 0.938. The molecule has 0 saturated carbocycles. The first kappa shape index (κ1) is 23.0.